The fourth-order valence-electron chi connectivity index (χ4n) is 2.85. The van der Waals surface area contributed by atoms with Crippen LogP contribution in [0.5, 0.6) is 0 Å². The summed E-state index contributed by atoms with van der Waals surface area (Å²) in [6.45, 7) is 4.02. The van der Waals surface area contributed by atoms with Crippen LogP contribution < -0.4 is 0 Å². The second-order valence-corrected chi connectivity index (χ2v) is 7.14. The van der Waals surface area contributed by atoms with E-state index in [1.54, 1.807) is 11.9 Å². The number of benzene rings is 1. The molecule has 0 aromatic heterocycles. The molecule has 2 unspecified atom stereocenters. The molecule has 2 atom stereocenters. The fourth-order valence-corrected chi connectivity index (χ4v) is 2.85. The van der Waals surface area contributed by atoms with E-state index in [1.165, 1.54) is 0 Å². The van der Waals surface area contributed by atoms with Crippen LogP contribution in [0.1, 0.15) is 64.0 Å². The first kappa shape index (κ1) is 24.6. The molecule has 0 spiro atoms. The minimum Gasteiger partial charge on any atom is -0.386 e. The minimum absolute atomic E-state index is 0.0509. The van der Waals surface area contributed by atoms with Gasteiger partial charge in [0, 0.05) is 13.5 Å². The summed E-state index contributed by atoms with van der Waals surface area (Å²) in [5.41, 5.74) is 0.832. The van der Waals surface area contributed by atoms with Crippen LogP contribution in [-0.4, -0.2) is 29.0 Å². The molecule has 3 heteroatoms. The van der Waals surface area contributed by atoms with E-state index in [-0.39, 0.29) is 11.9 Å². The quantitative estimate of drug-likeness (QED) is 0.407. The molecular formula is C26H37NO2. The van der Waals surface area contributed by atoms with Crippen LogP contribution in [0, 0.1) is 0 Å². The van der Waals surface area contributed by atoms with Gasteiger partial charge in [-0.3, -0.25) is 4.79 Å². The van der Waals surface area contributed by atoms with Gasteiger partial charge in [-0.2, -0.15) is 0 Å². The van der Waals surface area contributed by atoms with E-state index in [1.807, 2.05) is 37.3 Å². The second kappa shape index (κ2) is 15.5. The van der Waals surface area contributed by atoms with Gasteiger partial charge < -0.3 is 10.0 Å². The molecule has 1 aromatic carbocycles. The van der Waals surface area contributed by atoms with Gasteiger partial charge >= 0.3 is 0 Å². The topological polar surface area (TPSA) is 40.5 Å². The summed E-state index contributed by atoms with van der Waals surface area (Å²) in [5.74, 6) is 0.0509. The maximum absolute atomic E-state index is 12.4. The highest BCUT2D eigenvalue weighted by atomic mass is 16.3. The molecule has 0 saturated carbocycles. The number of aliphatic hydroxyl groups excluding tert-OH is 1. The standard InChI is InChI=1S/C26H37NO2/c1-4-5-6-7-8-9-10-11-12-13-14-15-19-22-25(28)27(3)23(2)26(29)24-20-17-16-18-21-24/h5-6,8-9,11-12,14-18,20-21,23,26,29H,4,7,10,13,19,22H2,1-3H3/b6-5-,9-8-,12-11-,15-14-. The number of carbonyl (C=O) groups is 1. The van der Waals surface area contributed by atoms with E-state index in [4.69, 9.17) is 0 Å². The molecule has 29 heavy (non-hydrogen) atoms. The van der Waals surface area contributed by atoms with Gasteiger partial charge in [-0.1, -0.05) is 85.9 Å². The summed E-state index contributed by atoms with van der Waals surface area (Å²) in [6, 6.07) is 9.22. The largest absolute Gasteiger partial charge is 0.386 e. The third-order valence-electron chi connectivity index (χ3n) is 4.85. The van der Waals surface area contributed by atoms with E-state index in [0.717, 1.165) is 37.7 Å². The zero-order valence-corrected chi connectivity index (χ0v) is 18.2. The Kier molecular flexibility index (Phi) is 13.2. The molecule has 0 aliphatic heterocycles. The van der Waals surface area contributed by atoms with E-state index >= 15 is 0 Å². The number of aliphatic hydroxyl groups is 1. The predicted octanol–water partition coefficient (Wildman–Crippen LogP) is 6.15. The maximum atomic E-state index is 12.4. The summed E-state index contributed by atoms with van der Waals surface area (Å²) in [7, 11) is 1.76. The van der Waals surface area contributed by atoms with Crippen LogP contribution in [0.4, 0.5) is 0 Å². The Morgan fingerprint density at radius 1 is 0.931 bits per heavy atom. The summed E-state index contributed by atoms with van der Waals surface area (Å²) < 4.78 is 0. The Labute approximate surface area is 177 Å². The monoisotopic (exact) mass is 395 g/mol. The molecule has 0 aliphatic rings. The van der Waals surface area contributed by atoms with Crippen LogP contribution in [0.3, 0.4) is 0 Å². The maximum Gasteiger partial charge on any atom is 0.222 e. The highest BCUT2D eigenvalue weighted by Crippen LogP contribution is 2.20. The lowest BCUT2D eigenvalue weighted by Crippen LogP contribution is -2.38. The first-order chi connectivity index (χ1) is 14.1. The molecule has 0 saturated heterocycles. The first-order valence-electron chi connectivity index (χ1n) is 10.7. The van der Waals surface area contributed by atoms with Crippen molar-refractivity contribution in [2.24, 2.45) is 0 Å². The lowest BCUT2D eigenvalue weighted by molar-refractivity contribution is -0.133. The Balaban J connectivity index is 2.23. The third kappa shape index (κ3) is 10.7. The highest BCUT2D eigenvalue weighted by Gasteiger charge is 2.23. The van der Waals surface area contributed by atoms with Gasteiger partial charge in [0.2, 0.25) is 5.91 Å². The van der Waals surface area contributed by atoms with Crippen molar-refractivity contribution in [2.45, 2.75) is 64.5 Å². The smallest absolute Gasteiger partial charge is 0.222 e. The van der Waals surface area contributed by atoms with Crippen LogP contribution in [0.15, 0.2) is 78.9 Å². The molecule has 1 rings (SSSR count). The highest BCUT2D eigenvalue weighted by molar-refractivity contribution is 5.76. The van der Waals surface area contributed by atoms with E-state index < -0.39 is 6.10 Å². The van der Waals surface area contributed by atoms with Gasteiger partial charge in [-0.15, -0.1) is 0 Å². The summed E-state index contributed by atoms with van der Waals surface area (Å²) in [5, 5.41) is 10.5. The Bertz CT molecular complexity index is 673. The molecule has 1 N–H and O–H groups in total. The summed E-state index contributed by atoms with van der Waals surface area (Å²) >= 11 is 0. The molecular weight excluding hydrogens is 358 g/mol. The van der Waals surface area contributed by atoms with Crippen LogP contribution in [-0.2, 0) is 4.79 Å². The SMILES string of the molecule is CC/C=C\C/C=C\C/C=C\C/C=C\CCC(=O)N(C)C(C)C(O)c1ccccc1. The van der Waals surface area contributed by atoms with Gasteiger partial charge in [0.25, 0.3) is 0 Å². The lowest BCUT2D eigenvalue weighted by Gasteiger charge is -2.29. The van der Waals surface area contributed by atoms with Crippen molar-refractivity contribution in [1.29, 1.82) is 0 Å². The molecule has 0 heterocycles. The van der Waals surface area contributed by atoms with E-state index in [9.17, 15) is 9.90 Å². The van der Waals surface area contributed by atoms with Crippen molar-refractivity contribution in [1.82, 2.24) is 4.90 Å². The minimum atomic E-state index is -0.678. The van der Waals surface area contributed by atoms with Crippen molar-refractivity contribution in [3.8, 4) is 0 Å². The Hall–Kier alpha value is -2.39. The number of amides is 1. The van der Waals surface area contributed by atoms with Crippen molar-refractivity contribution >= 4 is 5.91 Å². The fraction of sp³-hybridized carbons (Fsp3) is 0.423. The average molecular weight is 396 g/mol. The number of rotatable bonds is 13. The van der Waals surface area contributed by atoms with Crippen molar-refractivity contribution < 1.29 is 9.90 Å². The van der Waals surface area contributed by atoms with Crippen LogP contribution in [0.25, 0.3) is 0 Å². The third-order valence-corrected chi connectivity index (χ3v) is 4.85. The number of nitrogens with zero attached hydrogens (tertiary/aromatic N) is 1. The van der Waals surface area contributed by atoms with E-state index in [2.05, 4.69) is 55.5 Å². The van der Waals surface area contributed by atoms with E-state index in [0.29, 0.717) is 6.42 Å². The zero-order valence-electron chi connectivity index (χ0n) is 18.2. The summed E-state index contributed by atoms with van der Waals surface area (Å²) in [4.78, 5) is 14.0. The summed E-state index contributed by atoms with van der Waals surface area (Å²) in [6.07, 6.45) is 21.6. The van der Waals surface area contributed by atoms with Crippen molar-refractivity contribution in [3.05, 3.63) is 84.5 Å². The number of carbonyl (C=O) groups excluding carboxylic acids is 1. The predicted molar refractivity (Wildman–Crippen MR) is 124 cm³/mol. The molecule has 0 aliphatic carbocycles. The molecule has 0 bridgehead atoms. The van der Waals surface area contributed by atoms with Gasteiger partial charge in [-0.05, 0) is 44.6 Å². The number of hydrogen-bond donors (Lipinski definition) is 1. The Morgan fingerprint density at radius 3 is 2.00 bits per heavy atom. The molecule has 1 aromatic rings. The Morgan fingerprint density at radius 2 is 1.45 bits per heavy atom. The molecule has 0 radical (unpaired) electrons. The normalized spacial score (nSPS) is 14.3. The lowest BCUT2D eigenvalue weighted by atomic mass is 10.0. The van der Waals surface area contributed by atoms with Crippen LogP contribution in [0.2, 0.25) is 0 Å². The average Bonchev–Trinajstić information content (AvgIpc) is 2.75. The van der Waals surface area contributed by atoms with Gasteiger partial charge in [0.1, 0.15) is 0 Å². The molecule has 1 amide bonds. The van der Waals surface area contributed by atoms with Crippen molar-refractivity contribution in [2.75, 3.05) is 7.05 Å². The second-order valence-electron chi connectivity index (χ2n) is 7.14. The number of likely N-dealkylation sites (N-methyl/N-ethyl adjacent to an activating group) is 1. The molecule has 158 valence electrons. The van der Waals surface area contributed by atoms with Gasteiger partial charge in [0.15, 0.2) is 0 Å². The van der Waals surface area contributed by atoms with Gasteiger partial charge in [-0.25, -0.2) is 0 Å². The number of allylic oxidation sites excluding steroid dienone is 8. The molecule has 0 fully saturated rings. The first-order valence-corrected chi connectivity index (χ1v) is 10.7. The number of hydrogen-bond acceptors (Lipinski definition) is 2. The van der Waals surface area contributed by atoms with Crippen LogP contribution >= 0.6 is 0 Å². The molecule has 3 nitrogen and oxygen atoms in total. The zero-order chi connectivity index (χ0) is 21.3. The van der Waals surface area contributed by atoms with Gasteiger partial charge in [0.05, 0.1) is 12.1 Å². The van der Waals surface area contributed by atoms with Crippen molar-refractivity contribution in [3.63, 3.8) is 0 Å².